The molecule has 1 N–H and O–H groups in total. The summed E-state index contributed by atoms with van der Waals surface area (Å²) in [5.41, 5.74) is 1.06. The Labute approximate surface area is 98.6 Å². The van der Waals surface area contributed by atoms with Crippen LogP contribution in [0.4, 0.5) is 13.6 Å². The molecule has 0 fully saturated rings. The maximum Gasteiger partial charge on any atom is 0.340 e. The summed E-state index contributed by atoms with van der Waals surface area (Å²) < 4.78 is 25.9. The van der Waals surface area contributed by atoms with Crippen LogP contribution in [-0.2, 0) is 5.92 Å². The van der Waals surface area contributed by atoms with Crippen molar-refractivity contribution in [1.29, 1.82) is 0 Å². The van der Waals surface area contributed by atoms with E-state index in [0.29, 0.717) is 11.3 Å². The van der Waals surface area contributed by atoms with Crippen LogP contribution in [-0.4, -0.2) is 18.8 Å². The van der Waals surface area contributed by atoms with Crippen molar-refractivity contribution in [2.75, 3.05) is 7.05 Å². The van der Waals surface area contributed by atoms with Crippen molar-refractivity contribution in [3.8, 4) is 0 Å². The number of carbonyl (C=O) groups excluding carboxylic acids is 1. The zero-order chi connectivity index (χ0) is 13.1. The smallest absolute Gasteiger partial charge is 0.339 e. The van der Waals surface area contributed by atoms with Crippen LogP contribution < -0.4 is 5.32 Å². The minimum absolute atomic E-state index is 0.0611. The molecule has 0 saturated heterocycles. The van der Waals surface area contributed by atoms with Crippen molar-refractivity contribution >= 4 is 11.7 Å². The summed E-state index contributed by atoms with van der Waals surface area (Å²) in [5, 5.41) is 2.35. The average molecular weight is 240 g/mol. The van der Waals surface area contributed by atoms with Gasteiger partial charge in [0.15, 0.2) is 0 Å². The highest BCUT2D eigenvalue weighted by atomic mass is 19.3. The first-order chi connectivity index (χ1) is 7.84. The Morgan fingerprint density at radius 2 is 1.82 bits per heavy atom. The molecule has 92 valence electrons. The van der Waals surface area contributed by atoms with Crippen molar-refractivity contribution in [2.45, 2.75) is 19.8 Å². The van der Waals surface area contributed by atoms with Crippen molar-refractivity contribution in [1.82, 2.24) is 5.32 Å². The lowest BCUT2D eigenvalue weighted by molar-refractivity contribution is 0.0175. The molecule has 5 heteroatoms. The second-order valence-corrected chi connectivity index (χ2v) is 3.72. The van der Waals surface area contributed by atoms with Gasteiger partial charge in [-0.15, -0.1) is 0 Å². The highest BCUT2D eigenvalue weighted by Crippen LogP contribution is 2.26. The molecule has 3 nitrogen and oxygen atoms in total. The molecule has 2 amide bonds. The van der Waals surface area contributed by atoms with Crippen LogP contribution in [0.2, 0.25) is 0 Å². The molecular weight excluding hydrogens is 226 g/mol. The number of rotatable bonds is 2. The van der Waals surface area contributed by atoms with Gasteiger partial charge in [0.05, 0.1) is 5.71 Å². The quantitative estimate of drug-likeness (QED) is 0.793. The van der Waals surface area contributed by atoms with Gasteiger partial charge in [0.25, 0.3) is 5.92 Å². The molecule has 0 aliphatic carbocycles. The lowest BCUT2D eigenvalue weighted by atomic mass is 10.1. The minimum atomic E-state index is -2.86. The minimum Gasteiger partial charge on any atom is -0.339 e. The van der Waals surface area contributed by atoms with E-state index < -0.39 is 12.0 Å². The number of carbonyl (C=O) groups is 1. The van der Waals surface area contributed by atoms with E-state index in [9.17, 15) is 13.6 Å². The number of hydrogen-bond donors (Lipinski definition) is 1. The molecule has 17 heavy (non-hydrogen) atoms. The van der Waals surface area contributed by atoms with Crippen molar-refractivity contribution in [3.05, 3.63) is 35.4 Å². The van der Waals surface area contributed by atoms with E-state index in [0.717, 1.165) is 6.92 Å². The first kappa shape index (κ1) is 13.3. The fourth-order valence-electron chi connectivity index (χ4n) is 1.28. The number of alkyl halides is 2. The molecule has 0 radical (unpaired) electrons. The maximum atomic E-state index is 13.0. The van der Waals surface area contributed by atoms with Gasteiger partial charge in [0, 0.05) is 19.5 Å². The Bertz CT molecular complexity index is 433. The van der Waals surface area contributed by atoms with Crippen molar-refractivity contribution in [2.24, 2.45) is 4.99 Å². The van der Waals surface area contributed by atoms with E-state index in [1.807, 2.05) is 0 Å². The Balaban J connectivity index is 2.96. The fourth-order valence-corrected chi connectivity index (χ4v) is 1.28. The first-order valence-corrected chi connectivity index (χ1v) is 5.10. The number of hydrogen-bond acceptors (Lipinski definition) is 1. The number of urea groups is 1. The number of halogens is 2. The third kappa shape index (κ3) is 3.62. The summed E-state index contributed by atoms with van der Waals surface area (Å²) in [4.78, 5) is 14.7. The predicted octanol–water partition coefficient (Wildman–Crippen LogP) is 2.95. The van der Waals surface area contributed by atoms with Crippen LogP contribution in [0.15, 0.2) is 29.3 Å². The van der Waals surface area contributed by atoms with Crippen LogP contribution in [0.3, 0.4) is 0 Å². The van der Waals surface area contributed by atoms with Gasteiger partial charge in [0.1, 0.15) is 0 Å². The van der Waals surface area contributed by atoms with E-state index in [-0.39, 0.29) is 5.56 Å². The third-order valence-corrected chi connectivity index (χ3v) is 2.29. The molecule has 0 aliphatic heterocycles. The van der Waals surface area contributed by atoms with Crippen molar-refractivity contribution in [3.63, 3.8) is 0 Å². The SMILES string of the molecule is CNC(=O)/N=C(\C)c1ccc(C(C)(F)F)cc1. The molecule has 1 aromatic rings. The Morgan fingerprint density at radius 1 is 1.29 bits per heavy atom. The lowest BCUT2D eigenvalue weighted by Gasteiger charge is -2.10. The van der Waals surface area contributed by atoms with Crippen molar-refractivity contribution < 1.29 is 13.6 Å². The van der Waals surface area contributed by atoms with Gasteiger partial charge in [-0.3, -0.25) is 0 Å². The fraction of sp³-hybridized carbons (Fsp3) is 0.333. The molecule has 0 spiro atoms. The Kier molecular flexibility index (Phi) is 3.93. The van der Waals surface area contributed by atoms with Gasteiger partial charge in [-0.05, 0) is 12.5 Å². The molecule has 1 rings (SSSR count). The number of nitrogens with zero attached hydrogens (tertiary/aromatic N) is 1. The van der Waals surface area contributed by atoms with E-state index in [2.05, 4.69) is 10.3 Å². The van der Waals surface area contributed by atoms with Gasteiger partial charge in [0.2, 0.25) is 0 Å². The summed E-state index contributed by atoms with van der Waals surface area (Å²) in [6, 6.07) is 5.24. The molecule has 0 unspecified atom stereocenters. The van der Waals surface area contributed by atoms with E-state index in [1.165, 1.54) is 31.3 Å². The van der Waals surface area contributed by atoms with Crippen LogP contribution in [0.25, 0.3) is 0 Å². The maximum absolute atomic E-state index is 13.0. The predicted molar refractivity (Wildman–Crippen MR) is 62.7 cm³/mol. The van der Waals surface area contributed by atoms with Gasteiger partial charge in [-0.2, -0.15) is 4.99 Å². The van der Waals surface area contributed by atoms with E-state index >= 15 is 0 Å². The Morgan fingerprint density at radius 3 is 2.24 bits per heavy atom. The number of benzene rings is 1. The summed E-state index contributed by atoms with van der Waals surface area (Å²) in [6.07, 6.45) is 0. The molecule has 0 heterocycles. The van der Waals surface area contributed by atoms with Gasteiger partial charge in [-0.1, -0.05) is 24.3 Å². The second kappa shape index (κ2) is 5.03. The van der Waals surface area contributed by atoms with Crippen LogP contribution in [0.5, 0.6) is 0 Å². The van der Waals surface area contributed by atoms with Crippen LogP contribution in [0.1, 0.15) is 25.0 Å². The van der Waals surface area contributed by atoms with E-state index in [4.69, 9.17) is 0 Å². The average Bonchev–Trinajstić information content (AvgIpc) is 2.27. The Hall–Kier alpha value is -1.78. The summed E-state index contributed by atoms with van der Waals surface area (Å²) >= 11 is 0. The molecule has 0 atom stereocenters. The van der Waals surface area contributed by atoms with Crippen LogP contribution in [0, 0.1) is 0 Å². The zero-order valence-corrected chi connectivity index (χ0v) is 9.92. The lowest BCUT2D eigenvalue weighted by Crippen LogP contribution is -2.15. The van der Waals surface area contributed by atoms with E-state index in [1.54, 1.807) is 6.92 Å². The summed E-state index contributed by atoms with van der Waals surface area (Å²) in [7, 11) is 1.47. The summed E-state index contributed by atoms with van der Waals surface area (Å²) in [5.74, 6) is -2.86. The number of amides is 2. The highest BCUT2D eigenvalue weighted by molar-refractivity contribution is 6.04. The monoisotopic (exact) mass is 240 g/mol. The van der Waals surface area contributed by atoms with Gasteiger partial charge < -0.3 is 5.32 Å². The largest absolute Gasteiger partial charge is 0.340 e. The molecule has 0 saturated carbocycles. The molecule has 0 bridgehead atoms. The summed E-state index contributed by atoms with van der Waals surface area (Å²) in [6.45, 7) is 2.49. The highest BCUT2D eigenvalue weighted by Gasteiger charge is 2.23. The van der Waals surface area contributed by atoms with Crippen LogP contribution >= 0.6 is 0 Å². The second-order valence-electron chi connectivity index (χ2n) is 3.72. The first-order valence-electron chi connectivity index (χ1n) is 5.10. The number of nitrogens with one attached hydrogen (secondary N) is 1. The van der Waals surface area contributed by atoms with Gasteiger partial charge >= 0.3 is 6.03 Å². The molecule has 0 aromatic heterocycles. The molecule has 1 aromatic carbocycles. The third-order valence-electron chi connectivity index (χ3n) is 2.29. The zero-order valence-electron chi connectivity index (χ0n) is 9.92. The normalized spacial score (nSPS) is 12.4. The standard InChI is InChI=1S/C12H14F2N2O/c1-8(16-11(17)15-3)9-4-6-10(7-5-9)12(2,13)14/h4-7H,1-3H3,(H,15,17)/b16-8+. The van der Waals surface area contributed by atoms with Gasteiger partial charge in [-0.25, -0.2) is 13.6 Å². The number of aliphatic imine (C=N–C) groups is 1. The molecule has 0 aliphatic rings. The molecular formula is C12H14F2N2O. The topological polar surface area (TPSA) is 41.5 Å².